The van der Waals surface area contributed by atoms with Crippen LogP contribution in [0.4, 0.5) is 10.1 Å². The van der Waals surface area contributed by atoms with E-state index in [4.69, 9.17) is 4.52 Å². The Hall–Kier alpha value is -3.22. The second kappa shape index (κ2) is 7.99. The molecule has 0 saturated carbocycles. The van der Waals surface area contributed by atoms with Crippen molar-refractivity contribution in [3.63, 3.8) is 0 Å². The molecule has 0 aliphatic rings. The number of carbonyl (C=O) groups is 1. The molecule has 1 amide bonds. The van der Waals surface area contributed by atoms with E-state index >= 15 is 0 Å². The molecule has 3 aromatic rings. The molecule has 1 aromatic heterocycles. The molecular formula is C20H21FN4O2. The largest absolute Gasteiger partial charge is 0.378 e. The summed E-state index contributed by atoms with van der Waals surface area (Å²) in [5, 5.41) is 6.80. The average molecular weight is 368 g/mol. The maximum Gasteiger partial charge on any atom is 0.249 e. The van der Waals surface area contributed by atoms with Crippen molar-refractivity contribution < 1.29 is 13.7 Å². The molecule has 0 bridgehead atoms. The van der Waals surface area contributed by atoms with Crippen molar-refractivity contribution in [1.82, 2.24) is 15.5 Å². The molecule has 0 saturated heterocycles. The van der Waals surface area contributed by atoms with Crippen LogP contribution >= 0.6 is 0 Å². The zero-order valence-corrected chi connectivity index (χ0v) is 15.4. The van der Waals surface area contributed by atoms with Gasteiger partial charge in [-0.3, -0.25) is 4.79 Å². The van der Waals surface area contributed by atoms with Crippen molar-refractivity contribution >= 4 is 11.6 Å². The summed E-state index contributed by atoms with van der Waals surface area (Å²) in [4.78, 5) is 18.5. The van der Waals surface area contributed by atoms with Gasteiger partial charge in [0.1, 0.15) is 11.9 Å². The molecule has 0 unspecified atom stereocenters. The molecule has 0 aliphatic carbocycles. The van der Waals surface area contributed by atoms with E-state index in [-0.39, 0.29) is 18.1 Å². The SMILES string of the molecule is C[C@H](NC(=O)Cc1ccc(F)cc1)c1nc(-c2ccc(N(C)C)cc2)no1. The molecule has 2 aromatic carbocycles. The second-order valence-electron chi connectivity index (χ2n) is 6.49. The van der Waals surface area contributed by atoms with E-state index in [0.29, 0.717) is 11.7 Å². The van der Waals surface area contributed by atoms with Crippen LogP contribution in [0, 0.1) is 5.82 Å². The van der Waals surface area contributed by atoms with Crippen LogP contribution in [0.1, 0.15) is 24.4 Å². The predicted octanol–water partition coefficient (Wildman–Crippen LogP) is 3.36. The quantitative estimate of drug-likeness (QED) is 0.722. The van der Waals surface area contributed by atoms with Crippen LogP contribution in [0.2, 0.25) is 0 Å². The fraction of sp³-hybridized carbons (Fsp3) is 0.250. The summed E-state index contributed by atoms with van der Waals surface area (Å²) in [5.41, 5.74) is 2.64. The first-order valence-electron chi connectivity index (χ1n) is 8.57. The molecule has 1 atom stereocenters. The number of rotatable bonds is 6. The monoisotopic (exact) mass is 368 g/mol. The van der Waals surface area contributed by atoms with Crippen molar-refractivity contribution in [2.75, 3.05) is 19.0 Å². The third kappa shape index (κ3) is 4.69. The molecule has 1 N–H and O–H groups in total. The average Bonchev–Trinajstić information content (AvgIpc) is 3.14. The van der Waals surface area contributed by atoms with Gasteiger partial charge >= 0.3 is 0 Å². The molecule has 0 radical (unpaired) electrons. The highest BCUT2D eigenvalue weighted by atomic mass is 19.1. The minimum Gasteiger partial charge on any atom is -0.378 e. The molecule has 1 heterocycles. The van der Waals surface area contributed by atoms with Gasteiger partial charge in [0.15, 0.2) is 0 Å². The molecule has 3 rings (SSSR count). The van der Waals surface area contributed by atoms with Gasteiger partial charge in [-0.1, -0.05) is 17.3 Å². The van der Waals surface area contributed by atoms with Gasteiger partial charge < -0.3 is 14.7 Å². The summed E-state index contributed by atoms with van der Waals surface area (Å²) >= 11 is 0. The summed E-state index contributed by atoms with van der Waals surface area (Å²) in [7, 11) is 3.94. The topological polar surface area (TPSA) is 71.3 Å². The highest BCUT2D eigenvalue weighted by molar-refractivity contribution is 5.78. The van der Waals surface area contributed by atoms with Crippen LogP contribution in [0.15, 0.2) is 53.1 Å². The van der Waals surface area contributed by atoms with Crippen LogP contribution in [0.25, 0.3) is 11.4 Å². The fourth-order valence-corrected chi connectivity index (χ4v) is 2.58. The van der Waals surface area contributed by atoms with Crippen LogP contribution in [-0.4, -0.2) is 30.1 Å². The Labute approximate surface area is 157 Å². The van der Waals surface area contributed by atoms with Gasteiger partial charge in [0, 0.05) is 25.3 Å². The molecule has 7 heteroatoms. The van der Waals surface area contributed by atoms with E-state index in [1.807, 2.05) is 43.3 Å². The number of aromatic nitrogens is 2. The number of anilines is 1. The van der Waals surface area contributed by atoms with E-state index < -0.39 is 6.04 Å². The number of benzene rings is 2. The van der Waals surface area contributed by atoms with E-state index in [1.54, 1.807) is 19.1 Å². The van der Waals surface area contributed by atoms with Gasteiger partial charge in [-0.15, -0.1) is 0 Å². The lowest BCUT2D eigenvalue weighted by atomic mass is 10.1. The fourth-order valence-electron chi connectivity index (χ4n) is 2.58. The van der Waals surface area contributed by atoms with Crippen molar-refractivity contribution in [3.8, 4) is 11.4 Å². The first-order chi connectivity index (χ1) is 12.9. The zero-order chi connectivity index (χ0) is 19.4. The Kier molecular flexibility index (Phi) is 5.49. The number of amides is 1. The van der Waals surface area contributed by atoms with Crippen LogP contribution in [0.3, 0.4) is 0 Å². The Bertz CT molecular complexity index is 904. The summed E-state index contributed by atoms with van der Waals surface area (Å²) in [6.45, 7) is 1.77. The highest BCUT2D eigenvalue weighted by Crippen LogP contribution is 2.21. The van der Waals surface area contributed by atoms with Crippen LogP contribution in [-0.2, 0) is 11.2 Å². The van der Waals surface area contributed by atoms with Crippen LogP contribution in [0.5, 0.6) is 0 Å². The molecule has 27 heavy (non-hydrogen) atoms. The van der Waals surface area contributed by atoms with Crippen molar-refractivity contribution in [2.45, 2.75) is 19.4 Å². The minimum absolute atomic E-state index is 0.150. The maximum atomic E-state index is 12.9. The Morgan fingerprint density at radius 3 is 2.44 bits per heavy atom. The Morgan fingerprint density at radius 1 is 1.15 bits per heavy atom. The molecule has 0 spiro atoms. The molecule has 0 aliphatic heterocycles. The minimum atomic E-state index is -0.430. The number of halogens is 1. The summed E-state index contributed by atoms with van der Waals surface area (Å²) in [6, 6.07) is 13.2. The molecule has 6 nitrogen and oxygen atoms in total. The third-order valence-corrected chi connectivity index (χ3v) is 4.11. The molecule has 140 valence electrons. The van der Waals surface area contributed by atoms with Crippen molar-refractivity contribution in [3.05, 3.63) is 65.8 Å². The summed E-state index contributed by atoms with van der Waals surface area (Å²) in [6.07, 6.45) is 0.150. The van der Waals surface area contributed by atoms with Gasteiger partial charge in [0.2, 0.25) is 17.6 Å². The van der Waals surface area contributed by atoms with E-state index in [9.17, 15) is 9.18 Å². The molecule has 0 fully saturated rings. The van der Waals surface area contributed by atoms with Gasteiger partial charge in [0.05, 0.1) is 6.42 Å². The number of nitrogens with one attached hydrogen (secondary N) is 1. The second-order valence-corrected chi connectivity index (χ2v) is 6.49. The van der Waals surface area contributed by atoms with Gasteiger partial charge in [-0.05, 0) is 48.9 Å². The standard InChI is InChI=1S/C20H21FN4O2/c1-13(22-18(26)12-14-4-8-16(21)9-5-14)20-23-19(24-27-20)15-6-10-17(11-7-15)25(2)3/h4-11,13H,12H2,1-3H3,(H,22,26)/t13-/m0/s1. The number of nitrogens with zero attached hydrogens (tertiary/aromatic N) is 3. The van der Waals surface area contributed by atoms with Gasteiger partial charge in [-0.25, -0.2) is 4.39 Å². The van der Waals surface area contributed by atoms with Crippen molar-refractivity contribution in [2.24, 2.45) is 0 Å². The predicted molar refractivity (Wildman–Crippen MR) is 101 cm³/mol. The summed E-state index contributed by atoms with van der Waals surface area (Å²) < 4.78 is 18.2. The first-order valence-corrected chi connectivity index (χ1v) is 8.57. The van der Waals surface area contributed by atoms with Gasteiger partial charge in [0.25, 0.3) is 0 Å². The zero-order valence-electron chi connectivity index (χ0n) is 15.4. The number of hydrogen-bond donors (Lipinski definition) is 1. The lowest BCUT2D eigenvalue weighted by Crippen LogP contribution is -2.28. The summed E-state index contributed by atoms with van der Waals surface area (Å²) in [5.74, 6) is 0.262. The number of hydrogen-bond acceptors (Lipinski definition) is 5. The van der Waals surface area contributed by atoms with E-state index in [2.05, 4.69) is 15.5 Å². The smallest absolute Gasteiger partial charge is 0.249 e. The van der Waals surface area contributed by atoms with E-state index in [0.717, 1.165) is 16.8 Å². The lowest BCUT2D eigenvalue weighted by molar-refractivity contribution is -0.121. The third-order valence-electron chi connectivity index (χ3n) is 4.11. The Morgan fingerprint density at radius 2 is 1.81 bits per heavy atom. The molecular weight excluding hydrogens is 347 g/mol. The van der Waals surface area contributed by atoms with Crippen LogP contribution < -0.4 is 10.2 Å². The normalized spacial score (nSPS) is 11.9. The number of carbonyl (C=O) groups excluding carboxylic acids is 1. The first kappa shape index (κ1) is 18.6. The lowest BCUT2D eigenvalue weighted by Gasteiger charge is -2.11. The highest BCUT2D eigenvalue weighted by Gasteiger charge is 2.17. The van der Waals surface area contributed by atoms with E-state index in [1.165, 1.54) is 12.1 Å². The maximum absolute atomic E-state index is 12.9. The Balaban J connectivity index is 1.63. The van der Waals surface area contributed by atoms with Crippen molar-refractivity contribution in [1.29, 1.82) is 0 Å². The van der Waals surface area contributed by atoms with Gasteiger partial charge in [-0.2, -0.15) is 4.98 Å².